The molecule has 4 rings (SSSR count). The molecule has 0 radical (unpaired) electrons. The number of aromatic nitrogens is 3. The maximum atomic E-state index is 12.9. The van der Waals surface area contributed by atoms with Crippen LogP contribution in [0.3, 0.4) is 0 Å². The smallest absolute Gasteiger partial charge is 0.365 e. The number of nitrogens with zero attached hydrogens (tertiary/aromatic N) is 3. The third kappa shape index (κ3) is 3.96. The van der Waals surface area contributed by atoms with Gasteiger partial charge in [-0.25, -0.2) is 18.4 Å². The number of pyridine rings is 1. The van der Waals surface area contributed by atoms with Crippen LogP contribution in [0.1, 0.15) is 25.3 Å². The fraction of sp³-hybridized carbons (Fsp3) is 0.381. The number of aryl methyl sites for hydroxylation is 1. The monoisotopic (exact) mass is 466 g/mol. The van der Waals surface area contributed by atoms with Gasteiger partial charge in [0, 0.05) is 24.8 Å². The van der Waals surface area contributed by atoms with Gasteiger partial charge in [-0.1, -0.05) is 12.1 Å². The zero-order chi connectivity index (χ0) is 23.3. The molecule has 0 amide bonds. The first kappa shape index (κ1) is 22.3. The molecule has 0 aliphatic carbocycles. The molecule has 32 heavy (non-hydrogen) atoms. The van der Waals surface area contributed by atoms with Crippen molar-refractivity contribution in [2.24, 2.45) is 7.05 Å². The Kier molecular flexibility index (Phi) is 5.48. The molecule has 3 heterocycles. The van der Waals surface area contributed by atoms with E-state index in [1.165, 1.54) is 36.3 Å². The number of hydrogen-bond donors (Lipinski definition) is 1. The maximum absolute atomic E-state index is 12.9. The topological polar surface area (TPSA) is 93.9 Å². The van der Waals surface area contributed by atoms with Crippen LogP contribution in [-0.4, -0.2) is 40.0 Å². The second kappa shape index (κ2) is 7.88. The number of halogens is 3. The van der Waals surface area contributed by atoms with E-state index in [2.05, 4.69) is 15.3 Å². The number of fused-ring (bicyclic) bond motifs is 1. The highest BCUT2D eigenvalue weighted by Crippen LogP contribution is 2.34. The lowest BCUT2D eigenvalue weighted by Gasteiger charge is -2.30. The van der Waals surface area contributed by atoms with E-state index in [0.717, 1.165) is 12.1 Å². The largest absolute Gasteiger partial charge is 0.416 e. The Balaban J connectivity index is 1.82. The molecule has 1 saturated heterocycles. The van der Waals surface area contributed by atoms with Crippen LogP contribution in [0.4, 0.5) is 19.0 Å². The molecule has 1 aliphatic heterocycles. The standard InChI is InChI=1S/C21H21F3N4O3S/c1-12-16(4-3-9-32(12,30)31)27-19-17-18(26-11-28(2)20(17)29)15(10-25-19)13-5-7-14(8-6-13)21(22,23)24/h5-8,10-12,16H,3-4,9H2,1-2H3,(H,25,27). The van der Waals surface area contributed by atoms with Crippen molar-refractivity contribution in [3.05, 3.63) is 52.7 Å². The van der Waals surface area contributed by atoms with Crippen LogP contribution >= 0.6 is 0 Å². The van der Waals surface area contributed by atoms with Crippen molar-refractivity contribution >= 4 is 26.6 Å². The van der Waals surface area contributed by atoms with Crippen molar-refractivity contribution < 1.29 is 21.6 Å². The van der Waals surface area contributed by atoms with Crippen LogP contribution in [0.15, 0.2) is 41.6 Å². The van der Waals surface area contributed by atoms with Gasteiger partial charge >= 0.3 is 6.18 Å². The second-order valence-corrected chi connectivity index (χ2v) is 10.4. The second-order valence-electron chi connectivity index (χ2n) is 7.94. The van der Waals surface area contributed by atoms with Gasteiger partial charge < -0.3 is 9.88 Å². The molecule has 2 atom stereocenters. The van der Waals surface area contributed by atoms with Crippen LogP contribution in [0, 0.1) is 0 Å². The van der Waals surface area contributed by atoms with Crippen LogP contribution in [0.2, 0.25) is 0 Å². The van der Waals surface area contributed by atoms with Gasteiger partial charge in [-0.05, 0) is 37.5 Å². The van der Waals surface area contributed by atoms with Crippen LogP contribution in [0.5, 0.6) is 0 Å². The number of benzene rings is 1. The van der Waals surface area contributed by atoms with Crippen LogP contribution < -0.4 is 10.9 Å². The lowest BCUT2D eigenvalue weighted by atomic mass is 10.0. The highest BCUT2D eigenvalue weighted by molar-refractivity contribution is 7.92. The summed E-state index contributed by atoms with van der Waals surface area (Å²) in [6.45, 7) is 1.63. The van der Waals surface area contributed by atoms with Gasteiger partial charge in [-0.2, -0.15) is 13.2 Å². The molecule has 0 bridgehead atoms. The number of rotatable bonds is 3. The molecule has 7 nitrogen and oxygen atoms in total. The Morgan fingerprint density at radius 2 is 1.84 bits per heavy atom. The van der Waals surface area contributed by atoms with Gasteiger partial charge in [-0.3, -0.25) is 4.79 Å². The van der Waals surface area contributed by atoms with E-state index in [0.29, 0.717) is 24.0 Å². The van der Waals surface area contributed by atoms with Gasteiger partial charge in [0.2, 0.25) is 0 Å². The van der Waals surface area contributed by atoms with E-state index in [4.69, 9.17) is 0 Å². The maximum Gasteiger partial charge on any atom is 0.416 e. The molecule has 2 unspecified atom stereocenters. The summed E-state index contributed by atoms with van der Waals surface area (Å²) in [5.74, 6) is 0.328. The molecule has 0 spiro atoms. The lowest BCUT2D eigenvalue weighted by molar-refractivity contribution is -0.137. The average molecular weight is 466 g/mol. The molecule has 1 aliphatic rings. The van der Waals surface area contributed by atoms with Crippen molar-refractivity contribution in [2.45, 2.75) is 37.2 Å². The molecule has 0 saturated carbocycles. The summed E-state index contributed by atoms with van der Waals surface area (Å²) < 4.78 is 64.6. The van der Waals surface area contributed by atoms with Crippen molar-refractivity contribution in [3.63, 3.8) is 0 Å². The quantitative estimate of drug-likeness (QED) is 0.636. The fourth-order valence-electron chi connectivity index (χ4n) is 3.91. The molecule has 1 N–H and O–H groups in total. The molecule has 2 aromatic heterocycles. The third-order valence-electron chi connectivity index (χ3n) is 5.87. The average Bonchev–Trinajstić information content (AvgIpc) is 2.73. The van der Waals surface area contributed by atoms with E-state index in [1.54, 1.807) is 6.92 Å². The number of sulfone groups is 1. The Labute approximate surface area is 182 Å². The Bertz CT molecular complexity index is 1340. The predicted octanol–water partition coefficient (Wildman–Crippen LogP) is 3.39. The van der Waals surface area contributed by atoms with E-state index < -0.39 is 38.4 Å². The van der Waals surface area contributed by atoms with Crippen molar-refractivity contribution in [2.75, 3.05) is 11.1 Å². The van der Waals surface area contributed by atoms with Gasteiger partial charge in [0.15, 0.2) is 9.84 Å². The number of anilines is 1. The molecular weight excluding hydrogens is 445 g/mol. The van der Waals surface area contributed by atoms with E-state index in [1.807, 2.05) is 0 Å². The highest BCUT2D eigenvalue weighted by atomic mass is 32.2. The van der Waals surface area contributed by atoms with Crippen molar-refractivity contribution in [1.29, 1.82) is 0 Å². The number of hydrogen-bond acceptors (Lipinski definition) is 6. The molecule has 1 aromatic carbocycles. The first-order chi connectivity index (χ1) is 15.0. The van der Waals surface area contributed by atoms with E-state index >= 15 is 0 Å². The van der Waals surface area contributed by atoms with Gasteiger partial charge in [-0.15, -0.1) is 0 Å². The first-order valence-electron chi connectivity index (χ1n) is 9.99. The fourth-order valence-corrected chi connectivity index (χ4v) is 5.56. The minimum Gasteiger partial charge on any atom is -0.365 e. The summed E-state index contributed by atoms with van der Waals surface area (Å²) in [6, 6.07) is 4.11. The Morgan fingerprint density at radius 1 is 1.16 bits per heavy atom. The highest BCUT2D eigenvalue weighted by Gasteiger charge is 2.34. The SMILES string of the molecule is CC1C(Nc2ncc(-c3ccc(C(F)(F)F)cc3)c3ncn(C)c(=O)c23)CCCS1(=O)=O. The van der Waals surface area contributed by atoms with Gasteiger partial charge in [0.1, 0.15) is 11.2 Å². The van der Waals surface area contributed by atoms with Crippen molar-refractivity contribution in [1.82, 2.24) is 14.5 Å². The Hall–Kier alpha value is -2.95. The zero-order valence-electron chi connectivity index (χ0n) is 17.3. The van der Waals surface area contributed by atoms with E-state index in [9.17, 15) is 26.4 Å². The molecule has 3 aromatic rings. The summed E-state index contributed by atoms with van der Waals surface area (Å²) in [7, 11) is -1.73. The summed E-state index contributed by atoms with van der Waals surface area (Å²) in [5.41, 5.74) is -0.0763. The third-order valence-corrected chi connectivity index (χ3v) is 8.19. The minimum absolute atomic E-state index is 0.122. The zero-order valence-corrected chi connectivity index (χ0v) is 18.2. The van der Waals surface area contributed by atoms with Crippen molar-refractivity contribution in [3.8, 4) is 11.1 Å². The minimum atomic E-state index is -4.46. The molecule has 170 valence electrons. The normalized spacial score (nSPS) is 20.9. The Morgan fingerprint density at radius 3 is 2.50 bits per heavy atom. The number of alkyl halides is 3. The van der Waals surface area contributed by atoms with Crippen LogP contribution in [0.25, 0.3) is 22.0 Å². The summed E-state index contributed by atoms with van der Waals surface area (Å²) in [4.78, 5) is 21.6. The first-order valence-corrected chi connectivity index (χ1v) is 11.7. The van der Waals surface area contributed by atoms with Gasteiger partial charge in [0.25, 0.3) is 5.56 Å². The predicted molar refractivity (Wildman–Crippen MR) is 115 cm³/mol. The molecular formula is C21H21F3N4O3S. The van der Waals surface area contributed by atoms with Gasteiger partial charge in [0.05, 0.1) is 28.4 Å². The summed E-state index contributed by atoms with van der Waals surface area (Å²) >= 11 is 0. The van der Waals surface area contributed by atoms with E-state index in [-0.39, 0.29) is 22.5 Å². The number of nitrogens with one attached hydrogen (secondary N) is 1. The van der Waals surface area contributed by atoms with Crippen LogP contribution in [-0.2, 0) is 23.1 Å². The summed E-state index contributed by atoms with van der Waals surface area (Å²) in [5, 5.41) is 2.62. The lowest BCUT2D eigenvalue weighted by Crippen LogP contribution is -2.43. The summed E-state index contributed by atoms with van der Waals surface area (Å²) in [6.07, 6.45) is -0.595. The molecule has 1 fully saturated rings. The molecule has 11 heteroatoms.